The zero-order valence-electron chi connectivity index (χ0n) is 10.7. The second-order valence-corrected chi connectivity index (χ2v) is 4.98. The molecule has 0 N–H and O–H groups in total. The molecule has 0 atom stereocenters. The second kappa shape index (κ2) is 5.73. The molecule has 2 rings (SSSR count). The normalized spacial score (nSPS) is 11.9. The van der Waals surface area contributed by atoms with Crippen molar-refractivity contribution in [1.82, 2.24) is 0 Å². The fourth-order valence-corrected chi connectivity index (χ4v) is 2.36. The van der Waals surface area contributed by atoms with E-state index in [9.17, 15) is 5.26 Å². The van der Waals surface area contributed by atoms with Crippen LogP contribution < -0.4 is 0 Å². The van der Waals surface area contributed by atoms with E-state index in [0.29, 0.717) is 5.03 Å². The molecule has 0 unspecified atom stereocenters. The lowest BCUT2D eigenvalue weighted by atomic mass is 9.75. The number of benzene rings is 2. The van der Waals surface area contributed by atoms with Crippen LogP contribution in [0.5, 0.6) is 0 Å². The molecular formula is C17H14ClN. The molecule has 0 heterocycles. The average Bonchev–Trinajstić information content (AvgIpc) is 2.46. The summed E-state index contributed by atoms with van der Waals surface area (Å²) in [5, 5.41) is 10.4. The highest BCUT2D eigenvalue weighted by molar-refractivity contribution is 6.29. The van der Waals surface area contributed by atoms with Crippen LogP contribution in [-0.2, 0) is 5.41 Å². The molecule has 19 heavy (non-hydrogen) atoms. The maximum Gasteiger partial charge on any atom is 0.127 e. The Labute approximate surface area is 118 Å². The zero-order chi connectivity index (χ0) is 13.7. The third-order valence-corrected chi connectivity index (χ3v) is 3.16. The van der Waals surface area contributed by atoms with Gasteiger partial charge in [-0.1, -0.05) is 72.3 Å². The fraction of sp³-hybridized carbons (Fsp3) is 0.118. The Morgan fingerprint density at radius 3 is 1.74 bits per heavy atom. The van der Waals surface area contributed by atoms with Gasteiger partial charge in [-0.15, -0.1) is 0 Å². The molecule has 2 heteroatoms. The Hall–Kier alpha value is -2.04. The summed E-state index contributed by atoms with van der Waals surface area (Å²) in [6.07, 6.45) is 1.80. The van der Waals surface area contributed by atoms with Gasteiger partial charge in [0.25, 0.3) is 0 Å². The molecule has 0 aliphatic rings. The van der Waals surface area contributed by atoms with Gasteiger partial charge < -0.3 is 0 Å². The van der Waals surface area contributed by atoms with Crippen LogP contribution in [0.4, 0.5) is 0 Å². The summed E-state index contributed by atoms with van der Waals surface area (Å²) in [7, 11) is 0. The van der Waals surface area contributed by atoms with Crippen molar-refractivity contribution in [2.24, 2.45) is 0 Å². The quantitative estimate of drug-likeness (QED) is 0.795. The van der Waals surface area contributed by atoms with Crippen molar-refractivity contribution < 1.29 is 0 Å². The van der Waals surface area contributed by atoms with Gasteiger partial charge in [-0.25, -0.2) is 0 Å². The summed E-state index contributed by atoms with van der Waals surface area (Å²) in [5.74, 6) is 0. The largest absolute Gasteiger partial charge is 0.197 e. The Morgan fingerprint density at radius 2 is 1.42 bits per heavy atom. The molecule has 0 saturated heterocycles. The van der Waals surface area contributed by atoms with Crippen molar-refractivity contribution in [3.8, 4) is 6.07 Å². The average molecular weight is 268 g/mol. The first kappa shape index (κ1) is 13.4. The van der Waals surface area contributed by atoms with Gasteiger partial charge in [0, 0.05) is 5.03 Å². The standard InChI is InChI=1S/C17H14ClN/c1-14(18)12-17(13-19,15-8-4-2-5-9-15)16-10-6-3-7-11-16/h2-12H,1H3. The minimum atomic E-state index is -0.839. The van der Waals surface area contributed by atoms with E-state index in [1.165, 1.54) is 0 Å². The lowest BCUT2D eigenvalue weighted by molar-refractivity contribution is 0.828. The highest BCUT2D eigenvalue weighted by Crippen LogP contribution is 2.34. The summed E-state index contributed by atoms with van der Waals surface area (Å²) >= 11 is 6.05. The minimum Gasteiger partial charge on any atom is -0.197 e. The first-order valence-electron chi connectivity index (χ1n) is 6.06. The Kier molecular flexibility index (Phi) is 4.04. The highest BCUT2D eigenvalue weighted by Gasteiger charge is 2.32. The second-order valence-electron chi connectivity index (χ2n) is 4.38. The number of hydrogen-bond acceptors (Lipinski definition) is 1. The SMILES string of the molecule is CC(Cl)=CC(C#N)(c1ccccc1)c1ccccc1. The van der Waals surface area contributed by atoms with Gasteiger partial charge in [-0.05, 0) is 24.1 Å². The van der Waals surface area contributed by atoms with Gasteiger partial charge in [-0.2, -0.15) is 5.26 Å². The summed E-state index contributed by atoms with van der Waals surface area (Å²) in [6.45, 7) is 1.79. The number of nitriles is 1. The molecular weight excluding hydrogens is 254 g/mol. The van der Waals surface area contributed by atoms with Crippen LogP contribution in [0.1, 0.15) is 18.1 Å². The Balaban J connectivity index is 2.71. The smallest absolute Gasteiger partial charge is 0.127 e. The molecule has 0 radical (unpaired) electrons. The van der Waals surface area contributed by atoms with Gasteiger partial charge in [-0.3, -0.25) is 0 Å². The molecule has 1 nitrogen and oxygen atoms in total. The third-order valence-electron chi connectivity index (χ3n) is 3.05. The number of hydrogen-bond donors (Lipinski definition) is 0. The lowest BCUT2D eigenvalue weighted by Crippen LogP contribution is -2.23. The van der Waals surface area contributed by atoms with Crippen LogP contribution in [0, 0.1) is 11.3 Å². The number of allylic oxidation sites excluding steroid dienone is 2. The molecule has 94 valence electrons. The van der Waals surface area contributed by atoms with Gasteiger partial charge in [0.05, 0.1) is 6.07 Å². The first-order valence-corrected chi connectivity index (χ1v) is 6.44. The highest BCUT2D eigenvalue weighted by atomic mass is 35.5. The van der Waals surface area contributed by atoms with E-state index in [2.05, 4.69) is 6.07 Å². The summed E-state index contributed by atoms with van der Waals surface area (Å²) in [5.41, 5.74) is 1.00. The molecule has 0 amide bonds. The van der Waals surface area contributed by atoms with Crippen LogP contribution in [0.3, 0.4) is 0 Å². The van der Waals surface area contributed by atoms with E-state index in [4.69, 9.17) is 11.6 Å². The maximum absolute atomic E-state index is 9.78. The van der Waals surface area contributed by atoms with Crippen molar-refractivity contribution in [3.63, 3.8) is 0 Å². The Morgan fingerprint density at radius 1 is 1.00 bits per heavy atom. The Bertz CT molecular complexity index is 565. The van der Waals surface area contributed by atoms with Crippen LogP contribution in [0.2, 0.25) is 0 Å². The van der Waals surface area contributed by atoms with Gasteiger partial charge >= 0.3 is 0 Å². The van der Waals surface area contributed by atoms with E-state index in [1.807, 2.05) is 60.7 Å². The zero-order valence-corrected chi connectivity index (χ0v) is 11.4. The number of halogens is 1. The molecule has 0 aliphatic carbocycles. The van der Waals surface area contributed by atoms with Crippen molar-refractivity contribution in [1.29, 1.82) is 5.26 Å². The summed E-state index contributed by atoms with van der Waals surface area (Å²) in [6, 6.07) is 21.8. The fourth-order valence-electron chi connectivity index (χ4n) is 2.20. The number of rotatable bonds is 3. The maximum atomic E-state index is 9.78. The van der Waals surface area contributed by atoms with Gasteiger partial charge in [0.1, 0.15) is 5.41 Å². The predicted octanol–water partition coefficient (Wildman–Crippen LogP) is 4.64. The minimum absolute atomic E-state index is 0.606. The van der Waals surface area contributed by atoms with Gasteiger partial charge in [0.2, 0.25) is 0 Å². The van der Waals surface area contributed by atoms with Crippen LogP contribution >= 0.6 is 11.6 Å². The van der Waals surface area contributed by atoms with Crippen LogP contribution in [0.15, 0.2) is 71.8 Å². The summed E-state index contributed by atoms with van der Waals surface area (Å²) in [4.78, 5) is 0. The van der Waals surface area contributed by atoms with E-state index >= 15 is 0 Å². The molecule has 0 bridgehead atoms. The van der Waals surface area contributed by atoms with Gasteiger partial charge in [0.15, 0.2) is 0 Å². The van der Waals surface area contributed by atoms with Crippen LogP contribution in [-0.4, -0.2) is 0 Å². The molecule has 0 aliphatic heterocycles. The van der Waals surface area contributed by atoms with E-state index in [0.717, 1.165) is 11.1 Å². The van der Waals surface area contributed by atoms with Crippen LogP contribution in [0.25, 0.3) is 0 Å². The van der Waals surface area contributed by atoms with E-state index < -0.39 is 5.41 Å². The lowest BCUT2D eigenvalue weighted by Gasteiger charge is -2.24. The predicted molar refractivity (Wildman–Crippen MR) is 78.9 cm³/mol. The molecule has 2 aromatic rings. The molecule has 0 aromatic heterocycles. The van der Waals surface area contributed by atoms with E-state index in [1.54, 1.807) is 13.0 Å². The monoisotopic (exact) mass is 267 g/mol. The van der Waals surface area contributed by atoms with Crippen molar-refractivity contribution in [2.45, 2.75) is 12.3 Å². The molecule has 0 saturated carbocycles. The van der Waals surface area contributed by atoms with E-state index in [-0.39, 0.29) is 0 Å². The topological polar surface area (TPSA) is 23.8 Å². The van der Waals surface area contributed by atoms with Crippen molar-refractivity contribution in [3.05, 3.63) is 82.9 Å². The summed E-state index contributed by atoms with van der Waals surface area (Å²) < 4.78 is 0. The molecule has 2 aromatic carbocycles. The first-order chi connectivity index (χ1) is 9.19. The third kappa shape index (κ3) is 2.70. The molecule has 0 fully saturated rings. The molecule has 0 spiro atoms. The van der Waals surface area contributed by atoms with Crippen molar-refractivity contribution in [2.75, 3.05) is 0 Å². The number of nitrogens with zero attached hydrogens (tertiary/aromatic N) is 1. The van der Waals surface area contributed by atoms with Crippen molar-refractivity contribution >= 4 is 11.6 Å².